The Balaban J connectivity index is 2.14. The Bertz CT molecular complexity index is 659. The number of nitrogens with one attached hydrogen (secondary N) is 1. The predicted octanol–water partition coefficient (Wildman–Crippen LogP) is 3.11. The van der Waals surface area contributed by atoms with E-state index in [-0.39, 0.29) is 11.9 Å². The molecule has 1 aromatic carbocycles. The van der Waals surface area contributed by atoms with Crippen LogP contribution in [0, 0.1) is 6.92 Å². The van der Waals surface area contributed by atoms with Crippen LogP contribution in [0.5, 0.6) is 11.5 Å². The lowest BCUT2D eigenvalue weighted by atomic mass is 10.1. The normalized spacial score (nSPS) is 12.1. The average molecular weight is 348 g/mol. The van der Waals surface area contributed by atoms with Crippen molar-refractivity contribution in [2.45, 2.75) is 13.0 Å². The number of benzene rings is 1. The van der Waals surface area contributed by atoms with Gasteiger partial charge in [-0.15, -0.1) is 0 Å². The summed E-state index contributed by atoms with van der Waals surface area (Å²) < 4.78 is 10.7. The molecule has 5 nitrogen and oxygen atoms in total. The minimum absolute atomic E-state index is 0.134. The van der Waals surface area contributed by atoms with E-state index in [0.29, 0.717) is 23.6 Å². The Hall–Kier alpha value is -2.05. The number of methoxy groups -OCH3 is 2. The van der Waals surface area contributed by atoms with Gasteiger partial charge in [-0.05, 0) is 55.5 Å². The summed E-state index contributed by atoms with van der Waals surface area (Å²) in [7, 11) is 7.18. The molecule has 2 rings (SSSR count). The standard InChI is InChI=1S/C18H24N2O3S/c1-12-16(22-4)8-14(9-17(12)23-5)18(21)19-10-15(20(2)3)13-6-7-24-11-13/h6-9,11,15H,10H2,1-5H3,(H,19,21). The largest absolute Gasteiger partial charge is 0.496 e. The molecule has 0 saturated heterocycles. The molecule has 0 spiro atoms. The van der Waals surface area contributed by atoms with Gasteiger partial charge in [0.1, 0.15) is 11.5 Å². The number of ether oxygens (including phenoxy) is 2. The van der Waals surface area contributed by atoms with E-state index >= 15 is 0 Å². The third-order valence-electron chi connectivity index (χ3n) is 4.02. The molecular weight excluding hydrogens is 324 g/mol. The molecule has 0 saturated carbocycles. The summed E-state index contributed by atoms with van der Waals surface area (Å²) in [5.74, 6) is 1.14. The Kier molecular flexibility index (Phi) is 6.23. The van der Waals surface area contributed by atoms with Crippen molar-refractivity contribution in [2.75, 3.05) is 34.9 Å². The second-order valence-corrected chi connectivity index (χ2v) is 6.53. The van der Waals surface area contributed by atoms with Gasteiger partial charge in [-0.1, -0.05) is 0 Å². The fourth-order valence-electron chi connectivity index (χ4n) is 2.57. The Morgan fingerprint density at radius 1 is 1.25 bits per heavy atom. The SMILES string of the molecule is COc1cc(C(=O)NCC(c2ccsc2)N(C)C)cc(OC)c1C. The summed E-state index contributed by atoms with van der Waals surface area (Å²) >= 11 is 1.65. The van der Waals surface area contributed by atoms with Crippen molar-refractivity contribution in [1.29, 1.82) is 0 Å². The molecule has 0 aliphatic carbocycles. The summed E-state index contributed by atoms with van der Waals surface area (Å²) in [4.78, 5) is 14.6. The Labute approximate surface area is 147 Å². The van der Waals surface area contributed by atoms with E-state index in [2.05, 4.69) is 21.7 Å². The van der Waals surface area contributed by atoms with Crippen molar-refractivity contribution < 1.29 is 14.3 Å². The highest BCUT2D eigenvalue weighted by atomic mass is 32.1. The van der Waals surface area contributed by atoms with Crippen LogP contribution in [0.25, 0.3) is 0 Å². The van der Waals surface area contributed by atoms with Crippen LogP contribution in [0.15, 0.2) is 29.0 Å². The Morgan fingerprint density at radius 3 is 2.33 bits per heavy atom. The number of hydrogen-bond acceptors (Lipinski definition) is 5. The molecular formula is C18H24N2O3S. The molecule has 1 N–H and O–H groups in total. The van der Waals surface area contributed by atoms with Gasteiger partial charge in [-0.3, -0.25) is 4.79 Å². The molecule has 6 heteroatoms. The third-order valence-corrected chi connectivity index (χ3v) is 4.72. The molecule has 0 radical (unpaired) electrons. The summed E-state index contributed by atoms with van der Waals surface area (Å²) in [5, 5.41) is 7.15. The smallest absolute Gasteiger partial charge is 0.251 e. The van der Waals surface area contributed by atoms with Crippen LogP contribution in [0.3, 0.4) is 0 Å². The minimum atomic E-state index is -0.145. The van der Waals surface area contributed by atoms with Crippen LogP contribution < -0.4 is 14.8 Å². The quantitative estimate of drug-likeness (QED) is 0.835. The van der Waals surface area contributed by atoms with E-state index in [1.807, 2.05) is 26.4 Å². The maximum absolute atomic E-state index is 12.6. The first-order valence-corrected chi connectivity index (χ1v) is 8.61. The number of rotatable bonds is 7. The van der Waals surface area contributed by atoms with Gasteiger partial charge in [0.2, 0.25) is 0 Å². The van der Waals surface area contributed by atoms with Gasteiger partial charge in [0.25, 0.3) is 5.91 Å². The average Bonchev–Trinajstić information content (AvgIpc) is 3.08. The zero-order valence-electron chi connectivity index (χ0n) is 14.8. The first kappa shape index (κ1) is 18.3. The zero-order valence-corrected chi connectivity index (χ0v) is 15.6. The topological polar surface area (TPSA) is 50.8 Å². The second kappa shape index (κ2) is 8.17. The summed E-state index contributed by atoms with van der Waals surface area (Å²) in [5.41, 5.74) is 2.60. The molecule has 1 atom stereocenters. The van der Waals surface area contributed by atoms with Gasteiger partial charge in [0.15, 0.2) is 0 Å². The number of amides is 1. The third kappa shape index (κ3) is 4.07. The lowest BCUT2D eigenvalue weighted by Crippen LogP contribution is -2.34. The molecule has 1 aromatic heterocycles. The molecule has 1 unspecified atom stereocenters. The van der Waals surface area contributed by atoms with Gasteiger partial charge in [0.05, 0.1) is 20.3 Å². The number of hydrogen-bond donors (Lipinski definition) is 1. The lowest BCUT2D eigenvalue weighted by Gasteiger charge is -2.24. The fourth-order valence-corrected chi connectivity index (χ4v) is 3.28. The summed E-state index contributed by atoms with van der Waals surface area (Å²) in [6.45, 7) is 2.43. The van der Waals surface area contributed by atoms with E-state index in [1.165, 1.54) is 5.56 Å². The molecule has 0 bridgehead atoms. The van der Waals surface area contributed by atoms with Crippen molar-refractivity contribution in [3.8, 4) is 11.5 Å². The fraction of sp³-hybridized carbons (Fsp3) is 0.389. The number of carbonyl (C=O) groups is 1. The van der Waals surface area contributed by atoms with E-state index in [9.17, 15) is 4.79 Å². The first-order chi connectivity index (χ1) is 11.5. The number of nitrogens with zero attached hydrogens (tertiary/aromatic N) is 1. The van der Waals surface area contributed by atoms with E-state index in [0.717, 1.165) is 5.56 Å². The van der Waals surface area contributed by atoms with Crippen LogP contribution in [-0.2, 0) is 0 Å². The minimum Gasteiger partial charge on any atom is -0.496 e. The van der Waals surface area contributed by atoms with Crippen molar-refractivity contribution in [3.05, 3.63) is 45.6 Å². The summed E-state index contributed by atoms with van der Waals surface area (Å²) in [6.07, 6.45) is 0. The lowest BCUT2D eigenvalue weighted by molar-refractivity contribution is 0.0941. The molecule has 1 heterocycles. The molecule has 130 valence electrons. The first-order valence-electron chi connectivity index (χ1n) is 7.67. The molecule has 0 fully saturated rings. The highest BCUT2D eigenvalue weighted by molar-refractivity contribution is 7.07. The molecule has 1 amide bonds. The number of thiophene rings is 1. The number of likely N-dealkylation sites (N-methyl/N-ethyl adjacent to an activating group) is 1. The van der Waals surface area contributed by atoms with Crippen LogP contribution in [0.4, 0.5) is 0 Å². The molecule has 24 heavy (non-hydrogen) atoms. The van der Waals surface area contributed by atoms with Crippen LogP contribution >= 0.6 is 11.3 Å². The maximum Gasteiger partial charge on any atom is 0.251 e. The van der Waals surface area contributed by atoms with Crippen molar-refractivity contribution >= 4 is 17.2 Å². The molecule has 2 aromatic rings. The number of carbonyl (C=O) groups excluding carboxylic acids is 1. The maximum atomic E-state index is 12.6. The van der Waals surface area contributed by atoms with Gasteiger partial charge in [0, 0.05) is 17.7 Å². The van der Waals surface area contributed by atoms with Crippen LogP contribution in [-0.4, -0.2) is 45.7 Å². The van der Waals surface area contributed by atoms with Gasteiger partial charge >= 0.3 is 0 Å². The van der Waals surface area contributed by atoms with Crippen LogP contribution in [0.2, 0.25) is 0 Å². The monoisotopic (exact) mass is 348 g/mol. The van der Waals surface area contributed by atoms with Crippen molar-refractivity contribution in [2.24, 2.45) is 0 Å². The highest BCUT2D eigenvalue weighted by Gasteiger charge is 2.18. The second-order valence-electron chi connectivity index (χ2n) is 5.75. The van der Waals surface area contributed by atoms with E-state index in [4.69, 9.17) is 9.47 Å². The highest BCUT2D eigenvalue weighted by Crippen LogP contribution is 2.29. The van der Waals surface area contributed by atoms with E-state index < -0.39 is 0 Å². The van der Waals surface area contributed by atoms with E-state index in [1.54, 1.807) is 37.7 Å². The zero-order chi connectivity index (χ0) is 17.7. The van der Waals surface area contributed by atoms with Crippen molar-refractivity contribution in [1.82, 2.24) is 10.2 Å². The van der Waals surface area contributed by atoms with Gasteiger partial charge in [-0.2, -0.15) is 11.3 Å². The van der Waals surface area contributed by atoms with Crippen molar-refractivity contribution in [3.63, 3.8) is 0 Å². The Morgan fingerprint density at radius 2 is 1.88 bits per heavy atom. The van der Waals surface area contributed by atoms with Crippen LogP contribution in [0.1, 0.15) is 27.5 Å². The van der Waals surface area contributed by atoms with Gasteiger partial charge < -0.3 is 19.7 Å². The molecule has 0 aliphatic heterocycles. The van der Waals surface area contributed by atoms with Gasteiger partial charge in [-0.25, -0.2) is 0 Å². The predicted molar refractivity (Wildman–Crippen MR) is 97.4 cm³/mol. The summed E-state index contributed by atoms with van der Waals surface area (Å²) in [6, 6.07) is 5.69. The molecule has 0 aliphatic rings.